The van der Waals surface area contributed by atoms with Crippen molar-refractivity contribution in [1.29, 1.82) is 0 Å². The molecule has 1 aromatic rings. The number of hydrogen-bond acceptors (Lipinski definition) is 4. The summed E-state index contributed by atoms with van der Waals surface area (Å²) < 4.78 is 19.0. The average Bonchev–Trinajstić information content (AvgIpc) is 2.92. The van der Waals surface area contributed by atoms with Gasteiger partial charge in [0.25, 0.3) is 5.91 Å². The van der Waals surface area contributed by atoms with E-state index < -0.39 is 5.82 Å². The van der Waals surface area contributed by atoms with Crippen LogP contribution in [-0.4, -0.2) is 42.6 Å². The highest BCUT2D eigenvalue weighted by molar-refractivity contribution is 6.30. The molecule has 1 saturated heterocycles. The largest absolute Gasteiger partial charge is 0.484 e. The zero-order valence-corrected chi connectivity index (χ0v) is 22.0. The standard InChI is InChI=1S/C28H39ClFN3O3/c1-19-13-31-14-21(28(19)10-6-4-2-3-5-7-11-28)25(35)33-27-16-26(17-27,18-27)32-24(34)15-36-20-8-9-22(29)23(30)12-20/h8-9,12,19,21,31H,2-7,10-11,13-18H2,1H3,(H,32,34)(H,33,35). The Kier molecular flexibility index (Phi) is 7.25. The summed E-state index contributed by atoms with van der Waals surface area (Å²) in [6.45, 7) is 3.90. The molecule has 4 saturated carbocycles. The van der Waals surface area contributed by atoms with Crippen LogP contribution in [0.5, 0.6) is 5.75 Å². The molecule has 1 spiro atoms. The molecule has 4 aliphatic carbocycles. The number of amides is 2. The lowest BCUT2D eigenvalue weighted by Gasteiger charge is -2.70. The molecule has 0 aromatic heterocycles. The number of ether oxygens (including phenoxy) is 1. The molecule has 2 atom stereocenters. The van der Waals surface area contributed by atoms with Crippen LogP contribution in [0.2, 0.25) is 5.02 Å². The van der Waals surface area contributed by atoms with E-state index in [0.717, 1.165) is 45.2 Å². The van der Waals surface area contributed by atoms with Gasteiger partial charge >= 0.3 is 0 Å². The fourth-order valence-electron chi connectivity index (χ4n) is 7.58. The maximum atomic E-state index is 13.7. The van der Waals surface area contributed by atoms with Gasteiger partial charge in [-0.25, -0.2) is 4.39 Å². The zero-order chi connectivity index (χ0) is 25.4. The summed E-state index contributed by atoms with van der Waals surface area (Å²) in [5, 5.41) is 10.0. The molecule has 198 valence electrons. The van der Waals surface area contributed by atoms with E-state index in [1.807, 2.05) is 0 Å². The van der Waals surface area contributed by atoms with Gasteiger partial charge in [-0.1, -0.05) is 57.0 Å². The maximum Gasteiger partial charge on any atom is 0.258 e. The lowest BCUT2D eigenvalue weighted by Crippen LogP contribution is -2.84. The predicted octanol–water partition coefficient (Wildman–Crippen LogP) is 4.74. The highest BCUT2D eigenvalue weighted by Crippen LogP contribution is 2.60. The first-order valence-electron chi connectivity index (χ1n) is 13.7. The molecule has 36 heavy (non-hydrogen) atoms. The van der Waals surface area contributed by atoms with Gasteiger partial charge in [-0.3, -0.25) is 9.59 Å². The minimum Gasteiger partial charge on any atom is -0.484 e. The Hall–Kier alpha value is -1.86. The smallest absolute Gasteiger partial charge is 0.258 e. The minimum atomic E-state index is -0.578. The number of hydrogen-bond donors (Lipinski definition) is 3. The molecule has 5 fully saturated rings. The number of carbonyl (C=O) groups is 2. The summed E-state index contributed by atoms with van der Waals surface area (Å²) in [5.74, 6) is 0.148. The molecule has 6 nitrogen and oxygen atoms in total. The van der Waals surface area contributed by atoms with E-state index in [1.165, 1.54) is 56.7 Å². The lowest BCUT2D eigenvalue weighted by molar-refractivity contribution is -0.157. The lowest BCUT2D eigenvalue weighted by atomic mass is 9.44. The van der Waals surface area contributed by atoms with E-state index in [1.54, 1.807) is 0 Å². The Balaban J connectivity index is 1.14. The number of nitrogens with one attached hydrogen (secondary N) is 3. The van der Waals surface area contributed by atoms with Gasteiger partial charge in [0.15, 0.2) is 6.61 Å². The molecule has 2 bridgehead atoms. The number of carbonyl (C=O) groups excluding carboxylic acids is 2. The van der Waals surface area contributed by atoms with Crippen LogP contribution < -0.4 is 20.7 Å². The van der Waals surface area contributed by atoms with Crippen molar-refractivity contribution in [3.63, 3.8) is 0 Å². The second-order valence-electron chi connectivity index (χ2n) is 12.0. The summed E-state index contributed by atoms with van der Waals surface area (Å²) in [6, 6.07) is 4.12. The van der Waals surface area contributed by atoms with Gasteiger partial charge in [-0.05, 0) is 62.1 Å². The van der Waals surface area contributed by atoms with E-state index >= 15 is 0 Å². The van der Waals surface area contributed by atoms with Crippen molar-refractivity contribution in [3.8, 4) is 5.75 Å². The van der Waals surface area contributed by atoms with Crippen LogP contribution in [0.3, 0.4) is 0 Å². The van der Waals surface area contributed by atoms with Gasteiger partial charge in [-0.2, -0.15) is 0 Å². The van der Waals surface area contributed by atoms with Gasteiger partial charge < -0.3 is 20.7 Å². The van der Waals surface area contributed by atoms with Crippen LogP contribution in [-0.2, 0) is 9.59 Å². The summed E-state index contributed by atoms with van der Waals surface area (Å²) >= 11 is 5.69. The van der Waals surface area contributed by atoms with Gasteiger partial charge in [-0.15, -0.1) is 0 Å². The third kappa shape index (κ3) is 4.98. The molecule has 1 aromatic carbocycles. The third-order valence-corrected chi connectivity index (χ3v) is 9.72. The Morgan fingerprint density at radius 2 is 1.67 bits per heavy atom. The highest BCUT2D eigenvalue weighted by Gasteiger charge is 2.69. The topological polar surface area (TPSA) is 79.5 Å². The van der Waals surface area contributed by atoms with Crippen molar-refractivity contribution in [2.24, 2.45) is 17.3 Å². The van der Waals surface area contributed by atoms with E-state index in [2.05, 4.69) is 22.9 Å². The molecule has 1 aliphatic heterocycles. The third-order valence-electron chi connectivity index (χ3n) is 9.41. The van der Waals surface area contributed by atoms with Crippen LogP contribution in [0.4, 0.5) is 4.39 Å². The zero-order valence-electron chi connectivity index (χ0n) is 21.3. The van der Waals surface area contributed by atoms with Crippen LogP contribution in [0, 0.1) is 23.1 Å². The first kappa shape index (κ1) is 25.8. The van der Waals surface area contributed by atoms with E-state index in [4.69, 9.17) is 16.3 Å². The van der Waals surface area contributed by atoms with Crippen molar-refractivity contribution < 1.29 is 18.7 Å². The summed E-state index contributed by atoms with van der Waals surface area (Å²) in [5.41, 5.74) is -0.356. The van der Waals surface area contributed by atoms with Crippen molar-refractivity contribution in [1.82, 2.24) is 16.0 Å². The van der Waals surface area contributed by atoms with Gasteiger partial charge in [0, 0.05) is 23.7 Å². The predicted molar refractivity (Wildman–Crippen MR) is 137 cm³/mol. The minimum absolute atomic E-state index is 0.00656. The molecule has 5 aliphatic rings. The van der Waals surface area contributed by atoms with E-state index in [-0.39, 0.29) is 51.6 Å². The summed E-state index contributed by atoms with van der Waals surface area (Å²) in [4.78, 5) is 26.1. The molecule has 8 heteroatoms. The number of benzene rings is 1. The first-order valence-corrected chi connectivity index (χ1v) is 14.0. The maximum absolute atomic E-state index is 13.7. The normalized spacial score (nSPS) is 33.2. The molecule has 0 radical (unpaired) electrons. The molecule has 2 unspecified atom stereocenters. The fraction of sp³-hybridized carbons (Fsp3) is 0.714. The van der Waals surface area contributed by atoms with Crippen LogP contribution in [0.25, 0.3) is 0 Å². The monoisotopic (exact) mass is 519 g/mol. The van der Waals surface area contributed by atoms with Crippen LogP contribution in [0.15, 0.2) is 18.2 Å². The Morgan fingerprint density at radius 1 is 1.03 bits per heavy atom. The van der Waals surface area contributed by atoms with Crippen LogP contribution >= 0.6 is 11.6 Å². The quantitative estimate of drug-likeness (QED) is 0.507. The molecule has 1 heterocycles. The Bertz CT molecular complexity index is 972. The molecular formula is C28H39ClFN3O3. The second kappa shape index (κ2) is 10.1. The second-order valence-corrected chi connectivity index (χ2v) is 12.4. The Morgan fingerprint density at radius 3 is 2.33 bits per heavy atom. The van der Waals surface area contributed by atoms with Crippen molar-refractivity contribution >= 4 is 23.4 Å². The van der Waals surface area contributed by atoms with Crippen LogP contribution in [0.1, 0.15) is 77.6 Å². The van der Waals surface area contributed by atoms with Crippen molar-refractivity contribution in [3.05, 3.63) is 29.0 Å². The molecule has 2 amide bonds. The Labute approximate surface area is 218 Å². The van der Waals surface area contributed by atoms with E-state index in [9.17, 15) is 14.0 Å². The van der Waals surface area contributed by atoms with E-state index in [0.29, 0.717) is 5.92 Å². The number of rotatable bonds is 6. The molecule has 6 rings (SSSR count). The van der Waals surface area contributed by atoms with Gasteiger partial charge in [0.05, 0.1) is 10.9 Å². The molecule has 3 N–H and O–H groups in total. The average molecular weight is 520 g/mol. The van der Waals surface area contributed by atoms with Gasteiger partial charge in [0.2, 0.25) is 5.91 Å². The summed E-state index contributed by atoms with van der Waals surface area (Å²) in [6.07, 6.45) is 12.2. The SMILES string of the molecule is CC1CNCC(C(=O)NC23CC(NC(=O)COc4ccc(Cl)c(F)c4)(C2)C3)C12CCCCCCCC2. The highest BCUT2D eigenvalue weighted by atomic mass is 35.5. The fourth-order valence-corrected chi connectivity index (χ4v) is 7.70. The number of halogens is 2. The first-order chi connectivity index (χ1) is 17.2. The van der Waals surface area contributed by atoms with Crippen molar-refractivity contribution in [2.45, 2.75) is 88.6 Å². The molecular weight excluding hydrogens is 481 g/mol. The number of piperidine rings is 1. The van der Waals surface area contributed by atoms with Crippen molar-refractivity contribution in [2.75, 3.05) is 19.7 Å². The summed E-state index contributed by atoms with van der Waals surface area (Å²) in [7, 11) is 0. The van der Waals surface area contributed by atoms with Gasteiger partial charge in [0.1, 0.15) is 11.6 Å².